The summed E-state index contributed by atoms with van der Waals surface area (Å²) in [6, 6.07) is 17.7. The molecule has 0 atom stereocenters. The summed E-state index contributed by atoms with van der Waals surface area (Å²) in [7, 11) is 0. The Morgan fingerprint density at radius 1 is 1.04 bits per heavy atom. The second-order valence-electron chi connectivity index (χ2n) is 6.28. The molecule has 0 saturated heterocycles. The van der Waals surface area contributed by atoms with Gasteiger partial charge in [0.25, 0.3) is 0 Å². The molecule has 130 valence electrons. The molecular formula is C22H18Cl2N2. The van der Waals surface area contributed by atoms with Crippen LogP contribution in [-0.4, -0.2) is 4.57 Å². The summed E-state index contributed by atoms with van der Waals surface area (Å²) in [5, 5.41) is 11.0. The quantitative estimate of drug-likeness (QED) is 0.460. The molecule has 2 nitrogen and oxygen atoms in total. The molecule has 0 aliphatic heterocycles. The van der Waals surface area contributed by atoms with Crippen LogP contribution in [-0.2, 0) is 0 Å². The van der Waals surface area contributed by atoms with E-state index in [0.717, 1.165) is 38.8 Å². The van der Waals surface area contributed by atoms with Crippen LogP contribution >= 0.6 is 23.2 Å². The van der Waals surface area contributed by atoms with E-state index in [4.69, 9.17) is 23.2 Å². The summed E-state index contributed by atoms with van der Waals surface area (Å²) < 4.78 is 2.14. The van der Waals surface area contributed by atoms with Gasteiger partial charge in [0.1, 0.15) is 0 Å². The Labute approximate surface area is 163 Å². The molecule has 0 unspecified atom stereocenters. The van der Waals surface area contributed by atoms with Gasteiger partial charge in [-0.05, 0) is 73.9 Å². The maximum Gasteiger partial charge on any atom is 0.0998 e. The highest BCUT2D eigenvalue weighted by Gasteiger charge is 2.12. The van der Waals surface area contributed by atoms with Crippen LogP contribution in [0.15, 0.2) is 48.5 Å². The van der Waals surface area contributed by atoms with E-state index in [1.54, 1.807) is 12.1 Å². The minimum Gasteiger partial charge on any atom is -0.318 e. The number of nitrogens with zero attached hydrogens (tertiary/aromatic N) is 2. The van der Waals surface area contributed by atoms with Gasteiger partial charge in [0, 0.05) is 27.1 Å². The van der Waals surface area contributed by atoms with Gasteiger partial charge < -0.3 is 4.57 Å². The van der Waals surface area contributed by atoms with Crippen LogP contribution in [0.3, 0.4) is 0 Å². The first-order valence-electron chi connectivity index (χ1n) is 8.24. The average Bonchev–Trinajstić information content (AvgIpc) is 2.89. The van der Waals surface area contributed by atoms with Crippen LogP contribution < -0.4 is 0 Å². The van der Waals surface area contributed by atoms with E-state index >= 15 is 0 Å². The molecular weight excluding hydrogens is 363 g/mol. The van der Waals surface area contributed by atoms with Crippen molar-refractivity contribution in [3.8, 4) is 11.8 Å². The molecule has 0 spiro atoms. The normalized spacial score (nSPS) is 11.5. The molecule has 0 aliphatic rings. The second-order valence-corrected chi connectivity index (χ2v) is 7.12. The number of benzene rings is 2. The van der Waals surface area contributed by atoms with Crippen LogP contribution in [0.2, 0.25) is 10.0 Å². The van der Waals surface area contributed by atoms with Crippen molar-refractivity contribution in [3.05, 3.63) is 86.7 Å². The van der Waals surface area contributed by atoms with Gasteiger partial charge in [0.15, 0.2) is 0 Å². The van der Waals surface area contributed by atoms with E-state index < -0.39 is 0 Å². The van der Waals surface area contributed by atoms with Gasteiger partial charge in [0.2, 0.25) is 0 Å². The topological polar surface area (TPSA) is 28.7 Å². The lowest BCUT2D eigenvalue weighted by atomic mass is 10.0. The first kappa shape index (κ1) is 18.3. The number of hydrogen-bond acceptors (Lipinski definition) is 1. The van der Waals surface area contributed by atoms with Crippen LogP contribution in [0, 0.1) is 32.1 Å². The van der Waals surface area contributed by atoms with Crippen molar-refractivity contribution in [1.82, 2.24) is 4.57 Å². The molecule has 0 aliphatic carbocycles. The molecule has 0 fully saturated rings. The van der Waals surface area contributed by atoms with Gasteiger partial charge in [-0.1, -0.05) is 41.4 Å². The summed E-state index contributed by atoms with van der Waals surface area (Å²) in [4.78, 5) is 0. The molecule has 0 amide bonds. The first-order chi connectivity index (χ1) is 12.4. The molecule has 3 aromatic rings. The first-order valence-corrected chi connectivity index (χ1v) is 8.99. The number of halogens is 2. The zero-order valence-corrected chi connectivity index (χ0v) is 16.4. The standard InChI is InChI=1S/C22H18Cl2N2/c1-14-7-8-21(12-22(14)24)26-15(2)9-18(16(26)3)10-19(13-25)17-5-4-6-20(23)11-17/h4-12H,1-3H3/b19-10-. The SMILES string of the molecule is Cc1ccc(-n2c(C)cc(/C=C(/C#N)c3cccc(Cl)c3)c2C)cc1Cl. The molecule has 0 saturated carbocycles. The second kappa shape index (κ2) is 7.41. The predicted octanol–water partition coefficient (Wildman–Crippen LogP) is 6.77. The third-order valence-corrected chi connectivity index (χ3v) is 5.08. The van der Waals surface area contributed by atoms with E-state index in [1.165, 1.54) is 0 Å². The van der Waals surface area contributed by atoms with Crippen LogP contribution in [0.1, 0.15) is 28.1 Å². The molecule has 0 N–H and O–H groups in total. The lowest BCUT2D eigenvalue weighted by molar-refractivity contribution is 0.963. The summed E-state index contributed by atoms with van der Waals surface area (Å²) in [5.74, 6) is 0. The van der Waals surface area contributed by atoms with Gasteiger partial charge in [-0.15, -0.1) is 0 Å². The molecule has 0 bridgehead atoms. The maximum atomic E-state index is 9.60. The highest BCUT2D eigenvalue weighted by molar-refractivity contribution is 6.31. The molecule has 0 radical (unpaired) electrons. The van der Waals surface area contributed by atoms with Gasteiger partial charge in [-0.3, -0.25) is 0 Å². The number of allylic oxidation sites excluding steroid dienone is 1. The van der Waals surface area contributed by atoms with Gasteiger partial charge in [0.05, 0.1) is 11.6 Å². The van der Waals surface area contributed by atoms with Gasteiger partial charge in [-0.25, -0.2) is 0 Å². The summed E-state index contributed by atoms with van der Waals surface area (Å²) >= 11 is 12.4. The Morgan fingerprint density at radius 2 is 1.81 bits per heavy atom. The molecule has 26 heavy (non-hydrogen) atoms. The molecule has 3 rings (SSSR count). The largest absolute Gasteiger partial charge is 0.318 e. The highest BCUT2D eigenvalue weighted by Crippen LogP contribution is 2.28. The van der Waals surface area contributed by atoms with Crippen LogP contribution in [0.4, 0.5) is 0 Å². The number of aromatic nitrogens is 1. The zero-order chi connectivity index (χ0) is 18.8. The van der Waals surface area contributed by atoms with Gasteiger partial charge in [-0.2, -0.15) is 5.26 Å². The van der Waals surface area contributed by atoms with E-state index in [-0.39, 0.29) is 0 Å². The maximum absolute atomic E-state index is 9.60. The summed E-state index contributed by atoms with van der Waals surface area (Å²) in [6.07, 6.45) is 1.90. The lowest BCUT2D eigenvalue weighted by Gasteiger charge is -2.11. The Hall–Kier alpha value is -2.47. The van der Waals surface area contributed by atoms with Crippen molar-refractivity contribution in [3.63, 3.8) is 0 Å². The monoisotopic (exact) mass is 380 g/mol. The Balaban J connectivity index is 2.10. The third kappa shape index (κ3) is 3.55. The predicted molar refractivity (Wildman–Crippen MR) is 110 cm³/mol. The third-order valence-electron chi connectivity index (χ3n) is 4.44. The Bertz CT molecular complexity index is 1050. The van der Waals surface area contributed by atoms with Crippen LogP contribution in [0.25, 0.3) is 17.3 Å². The minimum absolute atomic E-state index is 0.578. The van der Waals surface area contributed by atoms with Crippen molar-refractivity contribution in [2.75, 3.05) is 0 Å². The van der Waals surface area contributed by atoms with Crippen molar-refractivity contribution >= 4 is 34.9 Å². The fourth-order valence-corrected chi connectivity index (χ4v) is 3.41. The van der Waals surface area contributed by atoms with E-state index in [2.05, 4.69) is 22.8 Å². The van der Waals surface area contributed by atoms with Gasteiger partial charge >= 0.3 is 0 Å². The number of hydrogen-bond donors (Lipinski definition) is 0. The van der Waals surface area contributed by atoms with E-state index in [1.807, 2.05) is 51.1 Å². The fraction of sp³-hybridized carbons (Fsp3) is 0.136. The average molecular weight is 381 g/mol. The number of rotatable bonds is 3. The molecule has 2 aromatic carbocycles. The number of aryl methyl sites for hydroxylation is 2. The lowest BCUT2D eigenvalue weighted by Crippen LogP contribution is -1.99. The van der Waals surface area contributed by atoms with Crippen molar-refractivity contribution < 1.29 is 0 Å². The van der Waals surface area contributed by atoms with Crippen molar-refractivity contribution in [1.29, 1.82) is 5.26 Å². The van der Waals surface area contributed by atoms with E-state index in [0.29, 0.717) is 10.6 Å². The molecule has 4 heteroatoms. The minimum atomic E-state index is 0.578. The van der Waals surface area contributed by atoms with E-state index in [9.17, 15) is 5.26 Å². The molecule has 1 aromatic heterocycles. The van der Waals surface area contributed by atoms with Crippen molar-refractivity contribution in [2.24, 2.45) is 0 Å². The van der Waals surface area contributed by atoms with Crippen LogP contribution in [0.5, 0.6) is 0 Å². The fourth-order valence-electron chi connectivity index (χ4n) is 3.04. The Morgan fingerprint density at radius 3 is 2.46 bits per heavy atom. The highest BCUT2D eigenvalue weighted by atomic mass is 35.5. The number of nitriles is 1. The smallest absolute Gasteiger partial charge is 0.0998 e. The Kier molecular flexibility index (Phi) is 5.23. The zero-order valence-electron chi connectivity index (χ0n) is 14.8. The van der Waals surface area contributed by atoms with Crippen molar-refractivity contribution in [2.45, 2.75) is 20.8 Å². The summed E-state index contributed by atoms with van der Waals surface area (Å²) in [6.45, 7) is 6.07. The summed E-state index contributed by atoms with van der Waals surface area (Å²) in [5.41, 5.74) is 6.57. The molecule has 1 heterocycles.